The van der Waals surface area contributed by atoms with Crippen molar-refractivity contribution in [2.24, 2.45) is 12.9 Å². The summed E-state index contributed by atoms with van der Waals surface area (Å²) < 4.78 is 8.73. The number of methoxy groups -OCH3 is 1. The lowest BCUT2D eigenvalue weighted by Crippen LogP contribution is -2.32. The molecule has 2 aromatic rings. The summed E-state index contributed by atoms with van der Waals surface area (Å²) in [7, 11) is 3.54. The summed E-state index contributed by atoms with van der Waals surface area (Å²) in [6.45, 7) is 1.16. The van der Waals surface area contributed by atoms with Crippen LogP contribution >= 0.6 is 11.6 Å². The molecule has 0 aromatic carbocycles. The van der Waals surface area contributed by atoms with Crippen molar-refractivity contribution in [2.75, 3.05) is 13.7 Å². The third-order valence-electron chi connectivity index (χ3n) is 2.93. The van der Waals surface area contributed by atoms with Gasteiger partial charge >= 0.3 is 0 Å². The highest BCUT2D eigenvalue weighted by Crippen LogP contribution is 2.27. The molecular formula is C11H17ClN6O. The van der Waals surface area contributed by atoms with Gasteiger partial charge in [-0.2, -0.15) is 5.10 Å². The average Bonchev–Trinajstić information content (AvgIpc) is 2.97. The van der Waals surface area contributed by atoms with Crippen molar-refractivity contribution in [3.8, 4) is 0 Å². The van der Waals surface area contributed by atoms with Gasteiger partial charge in [-0.15, -0.1) is 0 Å². The Bertz CT molecular complexity index is 537. The van der Waals surface area contributed by atoms with Crippen molar-refractivity contribution in [2.45, 2.75) is 12.6 Å². The van der Waals surface area contributed by atoms with Crippen LogP contribution in [0.25, 0.3) is 0 Å². The molecule has 7 nitrogen and oxygen atoms in total. The molecule has 0 aliphatic heterocycles. The fraction of sp³-hybridized carbons (Fsp3) is 0.455. The fourth-order valence-corrected chi connectivity index (χ4v) is 2.22. The Morgan fingerprint density at radius 3 is 2.89 bits per heavy atom. The molecule has 2 aromatic heterocycles. The van der Waals surface area contributed by atoms with Gasteiger partial charge in [0.2, 0.25) is 0 Å². The van der Waals surface area contributed by atoms with Crippen LogP contribution in [0.1, 0.15) is 17.4 Å². The number of halogens is 1. The molecule has 0 aliphatic carbocycles. The lowest BCUT2D eigenvalue weighted by Gasteiger charge is -2.18. The number of rotatable bonds is 6. The van der Waals surface area contributed by atoms with Gasteiger partial charge in [0.15, 0.2) is 0 Å². The second-order valence-electron chi connectivity index (χ2n) is 4.12. The molecule has 0 spiro atoms. The van der Waals surface area contributed by atoms with Crippen LogP contribution in [0.3, 0.4) is 0 Å². The van der Waals surface area contributed by atoms with E-state index in [1.807, 2.05) is 11.6 Å². The Kier molecular flexibility index (Phi) is 4.54. The number of nitrogens with two attached hydrogens (primary N) is 1. The van der Waals surface area contributed by atoms with Crippen LogP contribution in [0.15, 0.2) is 18.7 Å². The van der Waals surface area contributed by atoms with E-state index in [0.29, 0.717) is 18.2 Å². The summed E-state index contributed by atoms with van der Waals surface area (Å²) >= 11 is 6.22. The molecule has 8 heteroatoms. The van der Waals surface area contributed by atoms with Gasteiger partial charge in [0, 0.05) is 14.2 Å². The largest absolute Gasteiger partial charge is 0.383 e. The van der Waals surface area contributed by atoms with E-state index in [4.69, 9.17) is 22.2 Å². The van der Waals surface area contributed by atoms with E-state index in [1.54, 1.807) is 30.5 Å². The van der Waals surface area contributed by atoms with Crippen LogP contribution in [0, 0.1) is 0 Å². The molecule has 0 bridgehead atoms. The number of hydrazine groups is 1. The van der Waals surface area contributed by atoms with E-state index >= 15 is 0 Å². The number of imidazole rings is 1. The van der Waals surface area contributed by atoms with Crippen LogP contribution in [0.4, 0.5) is 0 Å². The summed E-state index contributed by atoms with van der Waals surface area (Å²) in [5.41, 5.74) is 4.46. The number of aryl methyl sites for hydroxylation is 1. The van der Waals surface area contributed by atoms with E-state index in [2.05, 4.69) is 15.5 Å². The molecule has 19 heavy (non-hydrogen) atoms. The van der Waals surface area contributed by atoms with E-state index in [9.17, 15) is 0 Å². The topological polar surface area (TPSA) is 82.9 Å². The lowest BCUT2D eigenvalue weighted by molar-refractivity contribution is 0.182. The zero-order chi connectivity index (χ0) is 13.8. The first-order valence-electron chi connectivity index (χ1n) is 5.81. The summed E-state index contributed by atoms with van der Waals surface area (Å²) in [6.07, 6.45) is 5.06. The van der Waals surface area contributed by atoms with Gasteiger partial charge in [-0.1, -0.05) is 11.6 Å². The minimum Gasteiger partial charge on any atom is -0.383 e. The number of hydrogen-bond donors (Lipinski definition) is 2. The number of ether oxygens (including phenoxy) is 1. The molecule has 0 amide bonds. The first-order chi connectivity index (χ1) is 9.19. The Morgan fingerprint density at radius 2 is 2.32 bits per heavy atom. The van der Waals surface area contributed by atoms with E-state index < -0.39 is 0 Å². The maximum absolute atomic E-state index is 6.22. The maximum atomic E-state index is 6.22. The number of hydrogen-bond acceptors (Lipinski definition) is 5. The minimum atomic E-state index is -0.278. The molecule has 0 saturated heterocycles. The Hall–Kier alpha value is -1.41. The van der Waals surface area contributed by atoms with Crippen LogP contribution < -0.4 is 11.3 Å². The summed E-state index contributed by atoms with van der Waals surface area (Å²) in [4.78, 5) is 4.09. The summed E-state index contributed by atoms with van der Waals surface area (Å²) in [6, 6.07) is -0.278. The van der Waals surface area contributed by atoms with Gasteiger partial charge in [0.1, 0.15) is 6.04 Å². The van der Waals surface area contributed by atoms with Gasteiger partial charge in [-0.25, -0.2) is 10.4 Å². The molecule has 1 atom stereocenters. The second kappa shape index (κ2) is 6.16. The van der Waals surface area contributed by atoms with Gasteiger partial charge < -0.3 is 9.30 Å². The smallest absolute Gasteiger partial charge is 0.106 e. The predicted molar refractivity (Wildman–Crippen MR) is 71.5 cm³/mol. The van der Waals surface area contributed by atoms with Crippen molar-refractivity contribution in [1.29, 1.82) is 0 Å². The molecule has 104 valence electrons. The lowest BCUT2D eigenvalue weighted by atomic mass is 10.1. The van der Waals surface area contributed by atoms with Crippen molar-refractivity contribution in [3.05, 3.63) is 35.1 Å². The number of nitrogens with zero attached hydrogens (tertiary/aromatic N) is 4. The van der Waals surface area contributed by atoms with Gasteiger partial charge in [0.25, 0.3) is 0 Å². The van der Waals surface area contributed by atoms with E-state index in [-0.39, 0.29) is 6.04 Å². The highest BCUT2D eigenvalue weighted by Gasteiger charge is 2.23. The fourth-order valence-electron chi connectivity index (χ4n) is 1.96. The number of nitrogens with one attached hydrogen (secondary N) is 1. The molecule has 3 N–H and O–H groups in total. The average molecular weight is 285 g/mol. The quantitative estimate of drug-likeness (QED) is 0.595. The highest BCUT2D eigenvalue weighted by atomic mass is 35.5. The van der Waals surface area contributed by atoms with Crippen LogP contribution in [0.2, 0.25) is 5.02 Å². The third kappa shape index (κ3) is 2.79. The second-order valence-corrected chi connectivity index (χ2v) is 4.53. The molecule has 1 unspecified atom stereocenters. The Balaban J connectivity index is 2.38. The molecular weight excluding hydrogens is 268 g/mol. The molecule has 0 fully saturated rings. The zero-order valence-corrected chi connectivity index (χ0v) is 11.6. The van der Waals surface area contributed by atoms with Gasteiger partial charge in [-0.05, 0) is 0 Å². The van der Waals surface area contributed by atoms with Crippen LogP contribution in [-0.4, -0.2) is 33.0 Å². The van der Waals surface area contributed by atoms with Gasteiger partial charge in [-0.3, -0.25) is 10.5 Å². The number of aromatic nitrogens is 4. The molecule has 0 aliphatic rings. The van der Waals surface area contributed by atoms with E-state index in [0.717, 1.165) is 11.4 Å². The zero-order valence-electron chi connectivity index (χ0n) is 10.9. The van der Waals surface area contributed by atoms with Crippen LogP contribution in [0.5, 0.6) is 0 Å². The van der Waals surface area contributed by atoms with Crippen molar-refractivity contribution < 1.29 is 4.74 Å². The van der Waals surface area contributed by atoms with Crippen molar-refractivity contribution >= 4 is 11.6 Å². The van der Waals surface area contributed by atoms with Gasteiger partial charge in [0.05, 0.1) is 48.3 Å². The van der Waals surface area contributed by atoms with Crippen molar-refractivity contribution in [1.82, 2.24) is 24.8 Å². The first-order valence-corrected chi connectivity index (χ1v) is 6.19. The normalized spacial score (nSPS) is 12.8. The molecule has 0 radical (unpaired) electrons. The Labute approximate surface area is 116 Å². The maximum Gasteiger partial charge on any atom is 0.106 e. The minimum absolute atomic E-state index is 0.278. The SMILES string of the molecule is COCCn1ncc(Cl)c1C(NN)c1cncn1C. The highest BCUT2D eigenvalue weighted by molar-refractivity contribution is 6.31. The van der Waals surface area contributed by atoms with Crippen LogP contribution in [-0.2, 0) is 18.3 Å². The molecule has 0 saturated carbocycles. The monoisotopic (exact) mass is 284 g/mol. The van der Waals surface area contributed by atoms with E-state index in [1.165, 1.54) is 0 Å². The Morgan fingerprint density at radius 1 is 1.53 bits per heavy atom. The molecule has 2 heterocycles. The summed E-state index contributed by atoms with van der Waals surface area (Å²) in [5.74, 6) is 5.67. The molecule has 2 rings (SSSR count). The van der Waals surface area contributed by atoms with Crippen molar-refractivity contribution in [3.63, 3.8) is 0 Å². The third-order valence-corrected chi connectivity index (χ3v) is 3.22. The standard InChI is InChI=1S/C11H17ClN6O/c1-17-7-14-6-9(17)10(16-13)11-8(12)5-15-18(11)3-4-19-2/h5-7,10,16H,3-4,13H2,1-2H3. The predicted octanol–water partition coefficient (Wildman–Crippen LogP) is 0.469. The summed E-state index contributed by atoms with van der Waals surface area (Å²) in [5, 5.41) is 4.80. The first kappa shape index (κ1) is 14.0.